The van der Waals surface area contributed by atoms with Gasteiger partial charge < -0.3 is 14.5 Å². The fraction of sp³-hybridized carbons (Fsp3) is 0.158. The first kappa shape index (κ1) is 25.5. The van der Waals surface area contributed by atoms with Gasteiger partial charge in [-0.3, -0.25) is 0 Å². The number of aromatic nitrogens is 1. The predicted octanol–water partition coefficient (Wildman–Crippen LogP) is 8.40. The topological polar surface area (TPSA) is 59.0 Å². The first-order chi connectivity index (χ1) is 21.2. The summed E-state index contributed by atoms with van der Waals surface area (Å²) in [5.41, 5.74) is 14.2. The molecule has 0 bridgehead atoms. The summed E-state index contributed by atoms with van der Waals surface area (Å²) in [6, 6.07) is 33.9. The molecule has 0 radical (unpaired) electrons. The second kappa shape index (κ2) is 10.3. The van der Waals surface area contributed by atoms with Crippen molar-refractivity contribution in [1.82, 2.24) is 4.98 Å². The quantitative estimate of drug-likeness (QED) is 0.234. The second-order valence-electron chi connectivity index (χ2n) is 11.2. The molecule has 3 aliphatic rings. The summed E-state index contributed by atoms with van der Waals surface area (Å²) < 4.78 is 11.1. The number of aryl methyl sites for hydroxylation is 2. The molecule has 0 fully saturated rings. The van der Waals surface area contributed by atoms with Crippen molar-refractivity contribution >= 4 is 22.9 Å². The average Bonchev–Trinajstić information content (AvgIpc) is 3.63. The Morgan fingerprint density at radius 1 is 0.674 bits per heavy atom. The van der Waals surface area contributed by atoms with Crippen molar-refractivity contribution in [2.45, 2.75) is 25.7 Å². The maximum atomic E-state index is 5.53. The van der Waals surface area contributed by atoms with E-state index in [1.807, 2.05) is 12.1 Å². The maximum Gasteiger partial charge on any atom is 0.163 e. The number of nitrogens with zero attached hydrogens (tertiary/aromatic N) is 2. The summed E-state index contributed by atoms with van der Waals surface area (Å²) in [4.78, 5) is 14.5. The van der Waals surface area contributed by atoms with Crippen LogP contribution in [0.3, 0.4) is 0 Å². The van der Waals surface area contributed by atoms with E-state index in [0.717, 1.165) is 88.1 Å². The molecule has 0 unspecified atom stereocenters. The molecule has 1 N–H and O–H groups in total. The van der Waals surface area contributed by atoms with Gasteiger partial charge in [-0.25, -0.2) is 9.98 Å². The number of hydrogen-bond donors (Lipinski definition) is 1. The molecule has 1 aromatic heterocycles. The Kier molecular flexibility index (Phi) is 6.11. The van der Waals surface area contributed by atoms with Gasteiger partial charge in [-0.15, -0.1) is 0 Å². The van der Waals surface area contributed by atoms with E-state index in [2.05, 4.69) is 89.9 Å². The van der Waals surface area contributed by atoms with Crippen molar-refractivity contribution in [3.8, 4) is 33.9 Å². The predicted molar refractivity (Wildman–Crippen MR) is 174 cm³/mol. The number of H-pyrrole nitrogens is 1. The van der Waals surface area contributed by atoms with Gasteiger partial charge in [0, 0.05) is 22.3 Å². The highest BCUT2D eigenvalue weighted by Crippen LogP contribution is 2.46. The lowest BCUT2D eigenvalue weighted by molar-refractivity contribution is 0.414. The molecule has 0 saturated carbocycles. The number of aromatic amines is 1. The van der Waals surface area contributed by atoms with E-state index in [4.69, 9.17) is 19.5 Å². The van der Waals surface area contributed by atoms with Crippen LogP contribution in [-0.2, 0) is 19.3 Å². The zero-order valence-electron chi connectivity index (χ0n) is 24.3. The van der Waals surface area contributed by atoms with Crippen molar-refractivity contribution in [2.75, 3.05) is 14.2 Å². The Morgan fingerprint density at radius 3 is 2.00 bits per heavy atom. The number of nitrogens with one attached hydrogen (secondary N) is 1. The lowest BCUT2D eigenvalue weighted by Gasteiger charge is -2.20. The molecule has 210 valence electrons. The van der Waals surface area contributed by atoms with Crippen molar-refractivity contribution in [3.05, 3.63) is 130 Å². The number of ether oxygens (including phenoxy) is 2. The van der Waals surface area contributed by atoms with Crippen LogP contribution in [0.4, 0.5) is 5.82 Å². The Bertz CT molecular complexity index is 1980. The van der Waals surface area contributed by atoms with Gasteiger partial charge in [0.1, 0.15) is 17.3 Å². The molecular weight excluding hydrogens is 530 g/mol. The van der Waals surface area contributed by atoms with E-state index >= 15 is 0 Å². The molecule has 0 spiro atoms. The molecule has 1 aliphatic heterocycles. The molecule has 4 aromatic carbocycles. The van der Waals surface area contributed by atoms with Crippen LogP contribution in [0.5, 0.6) is 11.5 Å². The largest absolute Gasteiger partial charge is 0.497 e. The lowest BCUT2D eigenvalue weighted by atomic mass is 9.83. The zero-order valence-corrected chi connectivity index (χ0v) is 24.3. The molecule has 0 saturated heterocycles. The standard InChI is InChI=1S/C38H31N3O2/c1-42-27-15-19-29-25(21-27)13-17-31-33(23-9-5-3-6-10-23)37(39-35(29)31)41-38-34(24-11-7-4-8-12-24)32-18-14-26-22-28(43-2)16-20-30(26)36(32)40-38/h3-12,15-16,19-22,39H,13-14,17-18H2,1-2H3. The smallest absolute Gasteiger partial charge is 0.163 e. The summed E-state index contributed by atoms with van der Waals surface area (Å²) in [7, 11) is 3.44. The van der Waals surface area contributed by atoms with E-state index < -0.39 is 0 Å². The fourth-order valence-electron chi connectivity index (χ4n) is 6.85. The average molecular weight is 562 g/mol. The Labute approximate surface area is 251 Å². The summed E-state index contributed by atoms with van der Waals surface area (Å²) in [5, 5.41) is 0. The molecule has 5 nitrogen and oxygen atoms in total. The van der Waals surface area contributed by atoms with Crippen molar-refractivity contribution < 1.29 is 9.47 Å². The Hall–Kier alpha value is -5.16. The number of rotatable bonds is 5. The van der Waals surface area contributed by atoms with Gasteiger partial charge in [0.2, 0.25) is 0 Å². The van der Waals surface area contributed by atoms with Gasteiger partial charge in [-0.05, 0) is 95.5 Å². The van der Waals surface area contributed by atoms with Gasteiger partial charge in [-0.2, -0.15) is 0 Å². The highest BCUT2D eigenvalue weighted by atomic mass is 16.5. The molecule has 43 heavy (non-hydrogen) atoms. The first-order valence-corrected chi connectivity index (χ1v) is 14.8. The third-order valence-corrected chi connectivity index (χ3v) is 8.89. The van der Waals surface area contributed by atoms with Gasteiger partial charge in [0.15, 0.2) is 5.84 Å². The highest BCUT2D eigenvalue weighted by Gasteiger charge is 2.33. The lowest BCUT2D eigenvalue weighted by Crippen LogP contribution is -2.14. The summed E-state index contributed by atoms with van der Waals surface area (Å²) in [6.45, 7) is 0. The molecule has 8 rings (SSSR count). The van der Waals surface area contributed by atoms with E-state index in [1.54, 1.807) is 14.2 Å². The number of methoxy groups -OCH3 is 2. The number of allylic oxidation sites excluding steroid dienone is 1. The minimum atomic E-state index is 0.755. The number of benzene rings is 4. The molecule has 5 heteroatoms. The summed E-state index contributed by atoms with van der Waals surface area (Å²) in [5.74, 6) is 3.37. The van der Waals surface area contributed by atoms with Gasteiger partial charge in [0.25, 0.3) is 0 Å². The van der Waals surface area contributed by atoms with Crippen LogP contribution < -0.4 is 9.47 Å². The number of amidine groups is 1. The van der Waals surface area contributed by atoms with Gasteiger partial charge in [-0.1, -0.05) is 60.7 Å². The molecular formula is C38H31N3O2. The maximum absolute atomic E-state index is 5.53. The van der Waals surface area contributed by atoms with Crippen LogP contribution in [0.2, 0.25) is 0 Å². The monoisotopic (exact) mass is 561 g/mol. The van der Waals surface area contributed by atoms with Crippen molar-refractivity contribution in [2.24, 2.45) is 9.98 Å². The molecule has 0 atom stereocenters. The number of hydrogen-bond acceptors (Lipinski definition) is 3. The minimum Gasteiger partial charge on any atom is -0.497 e. The fourth-order valence-corrected chi connectivity index (χ4v) is 6.85. The highest BCUT2D eigenvalue weighted by molar-refractivity contribution is 6.41. The minimum absolute atomic E-state index is 0.755. The number of aliphatic imine (C=N–C) groups is 2. The zero-order chi connectivity index (χ0) is 28.9. The van der Waals surface area contributed by atoms with Gasteiger partial charge in [0.05, 0.1) is 25.6 Å². The summed E-state index contributed by atoms with van der Waals surface area (Å²) in [6.07, 6.45) is 3.73. The third kappa shape index (κ3) is 4.23. The molecule has 2 aliphatic carbocycles. The van der Waals surface area contributed by atoms with Crippen LogP contribution in [0, 0.1) is 0 Å². The Balaban J connectivity index is 1.35. The third-order valence-electron chi connectivity index (χ3n) is 8.89. The van der Waals surface area contributed by atoms with Crippen molar-refractivity contribution in [3.63, 3.8) is 0 Å². The van der Waals surface area contributed by atoms with E-state index in [-0.39, 0.29) is 0 Å². The molecule has 5 aromatic rings. The van der Waals surface area contributed by atoms with Crippen LogP contribution in [0.15, 0.2) is 113 Å². The van der Waals surface area contributed by atoms with Gasteiger partial charge >= 0.3 is 0 Å². The summed E-state index contributed by atoms with van der Waals surface area (Å²) >= 11 is 0. The van der Waals surface area contributed by atoms with Crippen LogP contribution >= 0.6 is 0 Å². The van der Waals surface area contributed by atoms with E-state index in [9.17, 15) is 0 Å². The van der Waals surface area contributed by atoms with Crippen LogP contribution in [-0.4, -0.2) is 30.8 Å². The first-order valence-electron chi connectivity index (χ1n) is 14.8. The van der Waals surface area contributed by atoms with E-state index in [1.165, 1.54) is 27.8 Å². The second-order valence-corrected chi connectivity index (χ2v) is 11.2. The SMILES string of the molecule is COc1ccc2c(c1)CCC1=C(c3ccccc3)C(=Nc3[nH]c4c(c3-c3ccccc3)CCc3cc(OC)ccc3-4)N=C12. The van der Waals surface area contributed by atoms with Crippen molar-refractivity contribution in [1.29, 1.82) is 0 Å². The normalized spacial score (nSPS) is 15.9. The van der Waals surface area contributed by atoms with E-state index in [0.29, 0.717) is 0 Å². The Morgan fingerprint density at radius 2 is 1.30 bits per heavy atom. The van der Waals surface area contributed by atoms with Crippen LogP contribution in [0.25, 0.3) is 28.0 Å². The number of fused-ring (bicyclic) bond motifs is 6. The molecule has 0 amide bonds. The van der Waals surface area contributed by atoms with Crippen LogP contribution in [0.1, 0.15) is 34.2 Å². The molecule has 2 heterocycles.